The van der Waals surface area contributed by atoms with E-state index in [-0.39, 0.29) is 17.4 Å². The second kappa shape index (κ2) is 7.47. The number of hydrogen-bond acceptors (Lipinski definition) is 6. The largest absolute Gasteiger partial charge is 0.341 e. The highest BCUT2D eigenvalue weighted by Crippen LogP contribution is 2.18. The van der Waals surface area contributed by atoms with Gasteiger partial charge in [-0.1, -0.05) is 12.1 Å². The molecule has 9 heteroatoms. The zero-order valence-corrected chi connectivity index (χ0v) is 16.1. The van der Waals surface area contributed by atoms with E-state index in [0.29, 0.717) is 26.2 Å². The Balaban J connectivity index is 1.34. The second-order valence-electron chi connectivity index (χ2n) is 7.23. The molecule has 0 spiro atoms. The van der Waals surface area contributed by atoms with Gasteiger partial charge in [0.2, 0.25) is 11.9 Å². The molecule has 1 amide bonds. The third-order valence-corrected chi connectivity index (χ3v) is 6.93. The average molecular weight is 391 g/mol. The van der Waals surface area contributed by atoms with Crippen molar-refractivity contribution in [3.05, 3.63) is 24.3 Å². The summed E-state index contributed by atoms with van der Waals surface area (Å²) in [7, 11) is -2.91. The summed E-state index contributed by atoms with van der Waals surface area (Å²) in [6.45, 7) is 4.18. The van der Waals surface area contributed by atoms with E-state index in [0.717, 1.165) is 43.0 Å². The molecule has 27 heavy (non-hydrogen) atoms. The molecule has 0 aliphatic carbocycles. The average Bonchev–Trinajstić information content (AvgIpc) is 2.92. The van der Waals surface area contributed by atoms with E-state index in [2.05, 4.69) is 14.9 Å². The quantitative estimate of drug-likeness (QED) is 0.811. The van der Waals surface area contributed by atoms with E-state index in [4.69, 9.17) is 0 Å². The fourth-order valence-corrected chi connectivity index (χ4v) is 4.94. The molecular weight excluding hydrogens is 366 g/mol. The molecule has 146 valence electrons. The molecule has 2 aliphatic rings. The van der Waals surface area contributed by atoms with E-state index in [1.807, 2.05) is 34.1 Å². The van der Waals surface area contributed by atoms with Crippen LogP contribution in [-0.2, 0) is 14.6 Å². The summed E-state index contributed by atoms with van der Waals surface area (Å²) in [5.74, 6) is 1.24. The molecule has 3 heterocycles. The summed E-state index contributed by atoms with van der Waals surface area (Å²) in [5.41, 5.74) is 1.97. The highest BCUT2D eigenvalue weighted by atomic mass is 32.2. The summed E-state index contributed by atoms with van der Waals surface area (Å²) < 4.78 is 23.1. The lowest BCUT2D eigenvalue weighted by atomic mass is 10.3. The van der Waals surface area contributed by atoms with Crippen molar-refractivity contribution in [1.29, 1.82) is 0 Å². The Labute approximate surface area is 159 Å². The van der Waals surface area contributed by atoms with Gasteiger partial charge in [-0.05, 0) is 18.6 Å². The summed E-state index contributed by atoms with van der Waals surface area (Å²) in [6.07, 6.45) is 0.886. The smallest absolute Gasteiger partial charge is 0.236 e. The zero-order chi connectivity index (χ0) is 18.9. The first-order chi connectivity index (χ1) is 13.0. The van der Waals surface area contributed by atoms with Gasteiger partial charge < -0.3 is 14.8 Å². The van der Waals surface area contributed by atoms with Gasteiger partial charge in [-0.15, -0.1) is 0 Å². The van der Waals surface area contributed by atoms with Gasteiger partial charge in [0.1, 0.15) is 0 Å². The van der Waals surface area contributed by atoms with Crippen molar-refractivity contribution in [1.82, 2.24) is 19.8 Å². The minimum atomic E-state index is -2.91. The predicted octanol–water partition coefficient (Wildman–Crippen LogP) is 0.332. The number of anilines is 1. The van der Waals surface area contributed by atoms with Crippen LogP contribution in [-0.4, -0.2) is 91.4 Å². The highest BCUT2D eigenvalue weighted by molar-refractivity contribution is 7.91. The third kappa shape index (κ3) is 4.24. The van der Waals surface area contributed by atoms with Crippen LogP contribution in [0.15, 0.2) is 24.3 Å². The van der Waals surface area contributed by atoms with Crippen LogP contribution >= 0.6 is 0 Å². The van der Waals surface area contributed by atoms with Crippen LogP contribution in [0.2, 0.25) is 0 Å². The summed E-state index contributed by atoms with van der Waals surface area (Å²) in [6, 6.07) is 7.96. The minimum absolute atomic E-state index is 0.0840. The van der Waals surface area contributed by atoms with Crippen LogP contribution in [0.5, 0.6) is 0 Å². The van der Waals surface area contributed by atoms with E-state index < -0.39 is 9.84 Å². The summed E-state index contributed by atoms with van der Waals surface area (Å²) in [4.78, 5) is 26.7. The normalized spacial score (nSPS) is 21.3. The van der Waals surface area contributed by atoms with Crippen molar-refractivity contribution in [3.63, 3.8) is 0 Å². The molecule has 0 saturated carbocycles. The number of rotatable bonds is 3. The second-order valence-corrected chi connectivity index (χ2v) is 9.53. The number of fused-ring (bicyclic) bond motifs is 1. The first kappa shape index (κ1) is 18.2. The molecule has 2 saturated heterocycles. The number of sulfone groups is 1. The number of carbonyl (C=O) groups is 1. The van der Waals surface area contributed by atoms with Gasteiger partial charge in [0.25, 0.3) is 0 Å². The molecule has 2 fully saturated rings. The molecule has 2 aliphatic heterocycles. The number of imidazole rings is 1. The standard InChI is InChI=1S/C18H25N5O3S/c24-17(14-21-10-12-27(25,26)13-11-21)22-6-3-7-23(9-8-22)18-19-15-4-1-2-5-16(15)20-18/h1-2,4-5H,3,6-14H2,(H,19,20). The van der Waals surface area contributed by atoms with Gasteiger partial charge >= 0.3 is 0 Å². The zero-order valence-electron chi connectivity index (χ0n) is 15.3. The number of nitrogens with zero attached hydrogens (tertiary/aromatic N) is 4. The molecule has 0 unspecified atom stereocenters. The van der Waals surface area contributed by atoms with Gasteiger partial charge in [-0.2, -0.15) is 0 Å². The Morgan fingerprint density at radius 1 is 1.04 bits per heavy atom. The number of para-hydroxylation sites is 2. The number of carbonyl (C=O) groups excluding carboxylic acids is 1. The fourth-order valence-electron chi connectivity index (χ4n) is 3.67. The Hall–Kier alpha value is -2.13. The lowest BCUT2D eigenvalue weighted by Gasteiger charge is -2.29. The van der Waals surface area contributed by atoms with Gasteiger partial charge in [-0.25, -0.2) is 13.4 Å². The molecule has 0 bridgehead atoms. The van der Waals surface area contributed by atoms with Crippen molar-refractivity contribution in [2.24, 2.45) is 0 Å². The van der Waals surface area contributed by atoms with Gasteiger partial charge in [0, 0.05) is 39.3 Å². The van der Waals surface area contributed by atoms with E-state index in [1.54, 1.807) is 0 Å². The predicted molar refractivity (Wildman–Crippen MR) is 105 cm³/mol. The van der Waals surface area contributed by atoms with Crippen molar-refractivity contribution in [2.45, 2.75) is 6.42 Å². The molecule has 2 aromatic rings. The summed E-state index contributed by atoms with van der Waals surface area (Å²) in [5, 5.41) is 0. The first-order valence-corrected chi connectivity index (χ1v) is 11.2. The Bertz CT molecular complexity index is 879. The fraction of sp³-hybridized carbons (Fsp3) is 0.556. The number of benzene rings is 1. The third-order valence-electron chi connectivity index (χ3n) is 5.32. The molecule has 0 atom stereocenters. The van der Waals surface area contributed by atoms with Gasteiger partial charge in [0.15, 0.2) is 9.84 Å². The molecule has 1 N–H and O–H groups in total. The maximum atomic E-state index is 12.7. The molecular formula is C18H25N5O3S. The van der Waals surface area contributed by atoms with Crippen LogP contribution in [0.4, 0.5) is 5.95 Å². The maximum Gasteiger partial charge on any atom is 0.236 e. The van der Waals surface area contributed by atoms with Crippen LogP contribution in [0, 0.1) is 0 Å². The molecule has 4 rings (SSSR count). The highest BCUT2D eigenvalue weighted by Gasteiger charge is 2.26. The molecule has 0 radical (unpaired) electrons. The number of nitrogens with one attached hydrogen (secondary N) is 1. The number of H-pyrrole nitrogens is 1. The lowest BCUT2D eigenvalue weighted by Crippen LogP contribution is -2.47. The maximum absolute atomic E-state index is 12.7. The number of hydrogen-bond donors (Lipinski definition) is 1. The van der Waals surface area contributed by atoms with Crippen LogP contribution < -0.4 is 4.90 Å². The Morgan fingerprint density at radius 2 is 1.81 bits per heavy atom. The van der Waals surface area contributed by atoms with Gasteiger partial charge in [-0.3, -0.25) is 9.69 Å². The minimum Gasteiger partial charge on any atom is -0.341 e. The molecule has 1 aromatic carbocycles. The van der Waals surface area contributed by atoms with Crippen molar-refractivity contribution in [3.8, 4) is 0 Å². The lowest BCUT2D eigenvalue weighted by molar-refractivity contribution is -0.132. The Morgan fingerprint density at radius 3 is 2.59 bits per heavy atom. The van der Waals surface area contributed by atoms with Crippen LogP contribution in [0.3, 0.4) is 0 Å². The van der Waals surface area contributed by atoms with Crippen LogP contribution in [0.25, 0.3) is 11.0 Å². The van der Waals surface area contributed by atoms with Crippen molar-refractivity contribution in [2.75, 3.05) is 62.2 Å². The van der Waals surface area contributed by atoms with E-state index in [9.17, 15) is 13.2 Å². The van der Waals surface area contributed by atoms with Crippen molar-refractivity contribution >= 4 is 32.7 Å². The molecule has 8 nitrogen and oxygen atoms in total. The number of amides is 1. The van der Waals surface area contributed by atoms with Gasteiger partial charge in [0.05, 0.1) is 29.1 Å². The topological polar surface area (TPSA) is 89.6 Å². The van der Waals surface area contributed by atoms with Crippen molar-refractivity contribution < 1.29 is 13.2 Å². The monoisotopic (exact) mass is 391 g/mol. The van der Waals surface area contributed by atoms with Crippen LogP contribution in [0.1, 0.15) is 6.42 Å². The Kier molecular flexibility index (Phi) is 5.05. The number of aromatic nitrogens is 2. The summed E-state index contributed by atoms with van der Waals surface area (Å²) >= 11 is 0. The SMILES string of the molecule is O=C(CN1CCS(=O)(=O)CC1)N1CCCN(c2nc3ccccc3[nH]2)CC1. The molecule has 1 aromatic heterocycles. The van der Waals surface area contributed by atoms with E-state index >= 15 is 0 Å². The number of aromatic amines is 1. The van der Waals surface area contributed by atoms with E-state index in [1.165, 1.54) is 0 Å². The first-order valence-electron chi connectivity index (χ1n) is 9.40.